The number of ether oxygens (including phenoxy) is 3. The largest absolute Gasteiger partial charge is 0.440 e. The van der Waals surface area contributed by atoms with Crippen LogP contribution in [0.25, 0.3) is 22.6 Å². The van der Waals surface area contributed by atoms with E-state index >= 15 is 0 Å². The molecule has 0 bridgehead atoms. The lowest BCUT2D eigenvalue weighted by Gasteiger charge is -2.36. The predicted molar refractivity (Wildman–Crippen MR) is 147 cm³/mol. The Labute approximate surface area is 233 Å². The van der Waals surface area contributed by atoms with E-state index < -0.39 is 15.6 Å². The molecule has 40 heavy (non-hydrogen) atoms. The summed E-state index contributed by atoms with van der Waals surface area (Å²) in [5, 5.41) is 5.24. The fourth-order valence-electron chi connectivity index (χ4n) is 4.91. The molecule has 8 nitrogen and oxygen atoms in total. The second-order valence-corrected chi connectivity index (χ2v) is 11.2. The number of rotatable bonds is 10. The average Bonchev–Trinajstić information content (AvgIpc) is 3.40. The molecule has 0 unspecified atom stereocenters. The highest BCUT2D eigenvalue weighted by molar-refractivity contribution is 7.89. The van der Waals surface area contributed by atoms with Crippen molar-refractivity contribution in [3.8, 4) is 22.6 Å². The smallest absolute Gasteiger partial charge is 0.238 e. The van der Waals surface area contributed by atoms with Gasteiger partial charge in [0, 0.05) is 50.7 Å². The number of halogens is 1. The van der Waals surface area contributed by atoms with Crippen molar-refractivity contribution in [2.75, 3.05) is 26.9 Å². The van der Waals surface area contributed by atoms with Gasteiger partial charge in [-0.1, -0.05) is 36.4 Å². The van der Waals surface area contributed by atoms with Gasteiger partial charge in [-0.05, 0) is 47.5 Å². The summed E-state index contributed by atoms with van der Waals surface area (Å²) in [6.07, 6.45) is 1.71. The summed E-state index contributed by atoms with van der Waals surface area (Å²) in [4.78, 5) is 4.72. The van der Waals surface area contributed by atoms with Crippen molar-refractivity contribution < 1.29 is 31.4 Å². The Kier molecular flexibility index (Phi) is 8.43. The van der Waals surface area contributed by atoms with Crippen molar-refractivity contribution >= 4 is 10.0 Å². The van der Waals surface area contributed by atoms with Crippen LogP contribution >= 0.6 is 0 Å². The third-order valence-electron chi connectivity index (χ3n) is 7.07. The third-order valence-corrected chi connectivity index (χ3v) is 8.00. The second-order valence-electron chi connectivity index (χ2n) is 9.68. The van der Waals surface area contributed by atoms with Gasteiger partial charge >= 0.3 is 0 Å². The van der Waals surface area contributed by atoms with Crippen LogP contribution in [-0.4, -0.2) is 40.3 Å². The molecule has 4 aromatic rings. The van der Waals surface area contributed by atoms with Gasteiger partial charge < -0.3 is 18.6 Å². The molecule has 210 valence electrons. The summed E-state index contributed by atoms with van der Waals surface area (Å²) in [5.74, 6) is 0.639. The number of sulfonamides is 1. The van der Waals surface area contributed by atoms with Gasteiger partial charge in [0.25, 0.3) is 0 Å². The quantitative estimate of drug-likeness (QED) is 0.262. The fraction of sp³-hybridized carbons (Fsp3) is 0.300. The Balaban J connectivity index is 1.30. The first-order valence-corrected chi connectivity index (χ1v) is 14.5. The minimum Gasteiger partial charge on any atom is -0.440 e. The van der Waals surface area contributed by atoms with Crippen molar-refractivity contribution in [3.63, 3.8) is 0 Å². The lowest BCUT2D eigenvalue weighted by Crippen LogP contribution is -2.35. The molecule has 0 aliphatic carbocycles. The molecule has 0 radical (unpaired) electrons. The summed E-state index contributed by atoms with van der Waals surface area (Å²) in [5.41, 5.74) is 3.09. The number of hydrogen-bond donors (Lipinski definition) is 1. The first-order valence-electron chi connectivity index (χ1n) is 13.0. The van der Waals surface area contributed by atoms with Gasteiger partial charge in [-0.3, -0.25) is 0 Å². The van der Waals surface area contributed by atoms with E-state index in [1.807, 2.05) is 36.4 Å². The van der Waals surface area contributed by atoms with Crippen LogP contribution in [0.5, 0.6) is 0 Å². The Morgan fingerprint density at radius 3 is 2.40 bits per heavy atom. The maximum absolute atomic E-state index is 14.5. The van der Waals surface area contributed by atoms with E-state index in [0.29, 0.717) is 67.6 Å². The minimum absolute atomic E-state index is 0.0133. The molecule has 1 aliphatic rings. The molecule has 3 aromatic carbocycles. The normalized spacial score (nSPS) is 15.3. The summed E-state index contributed by atoms with van der Waals surface area (Å²) >= 11 is 0. The van der Waals surface area contributed by atoms with Crippen LogP contribution in [0.1, 0.15) is 29.9 Å². The van der Waals surface area contributed by atoms with E-state index in [9.17, 15) is 12.8 Å². The summed E-state index contributed by atoms with van der Waals surface area (Å²) < 4.78 is 61.2. The highest BCUT2D eigenvalue weighted by Crippen LogP contribution is 2.37. The zero-order chi connectivity index (χ0) is 28.2. The lowest BCUT2D eigenvalue weighted by atomic mass is 9.85. The first kappa shape index (κ1) is 28.1. The Bertz CT molecular complexity index is 1550. The Morgan fingerprint density at radius 2 is 1.73 bits per heavy atom. The van der Waals surface area contributed by atoms with E-state index in [-0.39, 0.29) is 17.3 Å². The van der Waals surface area contributed by atoms with Crippen molar-refractivity contribution in [3.05, 3.63) is 95.6 Å². The Hall–Kier alpha value is -3.41. The molecular weight excluding hydrogens is 535 g/mol. The monoisotopic (exact) mass is 566 g/mol. The lowest BCUT2D eigenvalue weighted by molar-refractivity contribution is -0.0950. The number of methoxy groups -OCH3 is 1. The second kappa shape index (κ2) is 12.0. The third kappa shape index (κ3) is 6.32. The van der Waals surface area contributed by atoms with Crippen LogP contribution in [-0.2, 0) is 42.9 Å². The maximum atomic E-state index is 14.5. The molecule has 1 aliphatic heterocycles. The number of nitrogens with zero attached hydrogens (tertiary/aromatic N) is 1. The molecule has 1 aromatic heterocycles. The number of hydrogen-bond acceptors (Lipinski definition) is 7. The van der Waals surface area contributed by atoms with Gasteiger partial charge in [-0.15, -0.1) is 0 Å². The fourth-order valence-corrected chi connectivity index (χ4v) is 5.43. The molecule has 1 fully saturated rings. The summed E-state index contributed by atoms with van der Waals surface area (Å²) in [6.45, 7) is 1.65. The van der Waals surface area contributed by atoms with Gasteiger partial charge in [0.15, 0.2) is 11.7 Å². The number of benzene rings is 3. The van der Waals surface area contributed by atoms with E-state index in [4.69, 9.17) is 28.8 Å². The Morgan fingerprint density at radius 1 is 1.00 bits per heavy atom. The molecule has 1 saturated heterocycles. The maximum Gasteiger partial charge on any atom is 0.238 e. The first-order chi connectivity index (χ1) is 19.3. The molecule has 0 atom stereocenters. The van der Waals surface area contributed by atoms with Gasteiger partial charge in [-0.2, -0.15) is 0 Å². The molecule has 0 saturated carbocycles. The average molecular weight is 567 g/mol. The number of nitrogens with two attached hydrogens (primary N) is 1. The molecule has 2 N–H and O–H groups in total. The van der Waals surface area contributed by atoms with Crippen LogP contribution in [0.15, 0.2) is 82.1 Å². The predicted octanol–water partition coefficient (Wildman–Crippen LogP) is 5.21. The van der Waals surface area contributed by atoms with Crippen molar-refractivity contribution in [1.29, 1.82) is 0 Å². The zero-order valence-electron chi connectivity index (χ0n) is 22.1. The van der Waals surface area contributed by atoms with E-state index in [2.05, 4.69) is 0 Å². The van der Waals surface area contributed by atoms with Crippen molar-refractivity contribution in [2.45, 2.75) is 36.4 Å². The van der Waals surface area contributed by atoms with Gasteiger partial charge in [-0.25, -0.2) is 22.9 Å². The van der Waals surface area contributed by atoms with Gasteiger partial charge in [0.2, 0.25) is 10.0 Å². The molecule has 0 amide bonds. The van der Waals surface area contributed by atoms with Crippen LogP contribution in [0.3, 0.4) is 0 Å². The number of primary sulfonamides is 1. The highest BCUT2D eigenvalue weighted by atomic mass is 32.2. The SMILES string of the molecule is COC1(c2cc(F)cc(COCCc3nc(-c4ccccc4)c(-c4ccc(S(N)(=O)=O)cc4)o3)c2)CCOCC1. The topological polar surface area (TPSA) is 114 Å². The molecular formula is C30H31FN2O6S. The summed E-state index contributed by atoms with van der Waals surface area (Å²) in [6, 6.07) is 20.6. The van der Waals surface area contributed by atoms with Crippen LogP contribution < -0.4 is 5.14 Å². The van der Waals surface area contributed by atoms with Gasteiger partial charge in [0.05, 0.1) is 23.7 Å². The standard InChI is InChI=1S/C30H31FN2O6S/c1-36-30(12-15-37-16-13-30)24-17-21(18-25(31)19-24)20-38-14-11-27-33-28(22-5-3-2-4-6-22)29(39-27)23-7-9-26(10-8-23)40(32,34)35/h2-10,17-19H,11-16,20H2,1H3,(H2,32,34,35). The molecule has 5 rings (SSSR count). The van der Waals surface area contributed by atoms with E-state index in [1.54, 1.807) is 19.2 Å². The van der Waals surface area contributed by atoms with Crippen LogP contribution in [0, 0.1) is 5.82 Å². The molecule has 2 heterocycles. The molecule has 0 spiro atoms. The van der Waals surface area contributed by atoms with Crippen LogP contribution in [0.2, 0.25) is 0 Å². The number of aromatic nitrogens is 1. The van der Waals surface area contributed by atoms with E-state index in [0.717, 1.165) is 11.1 Å². The van der Waals surface area contributed by atoms with Crippen molar-refractivity contribution in [1.82, 2.24) is 4.98 Å². The van der Waals surface area contributed by atoms with Crippen molar-refractivity contribution in [2.24, 2.45) is 5.14 Å². The zero-order valence-corrected chi connectivity index (χ0v) is 23.0. The van der Waals surface area contributed by atoms with Crippen LogP contribution in [0.4, 0.5) is 4.39 Å². The number of oxazole rings is 1. The minimum atomic E-state index is -3.81. The summed E-state index contributed by atoms with van der Waals surface area (Å²) in [7, 11) is -2.16. The van der Waals surface area contributed by atoms with Gasteiger partial charge in [0.1, 0.15) is 11.5 Å². The van der Waals surface area contributed by atoms with E-state index in [1.165, 1.54) is 24.3 Å². The molecule has 10 heteroatoms. The highest BCUT2D eigenvalue weighted by Gasteiger charge is 2.35.